The molecule has 74 valence electrons. The van der Waals surface area contributed by atoms with E-state index in [9.17, 15) is 4.79 Å². The molecule has 0 aromatic carbocycles. The van der Waals surface area contributed by atoms with E-state index in [4.69, 9.17) is 5.11 Å². The van der Waals surface area contributed by atoms with E-state index >= 15 is 0 Å². The molecule has 0 saturated heterocycles. The highest BCUT2D eigenvalue weighted by Gasteiger charge is 1.82. The third kappa shape index (κ3) is 13.2. The smallest absolute Gasteiger partial charge is 0.350 e. The topological polar surface area (TPSA) is 107 Å². The number of furan rings is 1. The van der Waals surface area contributed by atoms with E-state index in [2.05, 4.69) is 14.4 Å². The number of oxime groups is 1. The van der Waals surface area contributed by atoms with Gasteiger partial charge in [0.15, 0.2) is 6.21 Å². The molecule has 0 aliphatic heterocycles. The first-order valence-electron chi connectivity index (χ1n) is 3.04. The van der Waals surface area contributed by atoms with Crippen LogP contribution in [0.3, 0.4) is 0 Å². The molecule has 1 aromatic rings. The van der Waals surface area contributed by atoms with Crippen molar-refractivity contribution in [2.75, 3.05) is 7.11 Å². The lowest BCUT2D eigenvalue weighted by molar-refractivity contribution is -0.129. The molecule has 1 rings (SSSR count). The molecule has 0 bridgehead atoms. The predicted molar refractivity (Wildman–Crippen MR) is 46.9 cm³/mol. The molecule has 0 amide bonds. The van der Waals surface area contributed by atoms with Crippen LogP contribution < -0.4 is 6.15 Å². The molecule has 6 heteroatoms. The van der Waals surface area contributed by atoms with E-state index in [-0.39, 0.29) is 6.15 Å². The minimum Gasteiger partial charge on any atom is -0.477 e. The van der Waals surface area contributed by atoms with E-state index in [0.717, 1.165) is 0 Å². The number of carboxylic acids is 1. The summed E-state index contributed by atoms with van der Waals surface area (Å²) in [5.74, 6) is -1.11. The highest BCUT2D eigenvalue weighted by molar-refractivity contribution is 6.21. The molecule has 1 heterocycles. The molecule has 0 unspecified atom stereocenters. The van der Waals surface area contributed by atoms with Crippen LogP contribution in [0.2, 0.25) is 0 Å². The Labute approximate surface area is 75.4 Å². The van der Waals surface area contributed by atoms with E-state index in [1.165, 1.54) is 7.11 Å². The molecule has 0 aliphatic rings. The third-order valence-electron chi connectivity index (χ3n) is 0.694. The fourth-order valence-electron chi connectivity index (χ4n) is 0.325. The fraction of sp³-hybridized carbons (Fsp3) is 0.143. The Bertz CT molecular complexity index is 203. The second-order valence-corrected chi connectivity index (χ2v) is 1.55. The van der Waals surface area contributed by atoms with Crippen LogP contribution in [0.15, 0.2) is 34.2 Å². The van der Waals surface area contributed by atoms with Gasteiger partial charge in [0.2, 0.25) is 0 Å². The minimum absolute atomic E-state index is 0. The van der Waals surface area contributed by atoms with Crippen LogP contribution in [0.1, 0.15) is 0 Å². The van der Waals surface area contributed by atoms with Gasteiger partial charge in [-0.15, -0.1) is 0 Å². The molecular weight excluding hydrogens is 176 g/mol. The summed E-state index contributed by atoms with van der Waals surface area (Å²) >= 11 is 0. The Morgan fingerprint density at radius 3 is 2.23 bits per heavy atom. The molecule has 6 nitrogen and oxygen atoms in total. The Hall–Kier alpha value is -1.82. The summed E-state index contributed by atoms with van der Waals surface area (Å²) in [6.07, 6.45) is 3.92. The van der Waals surface area contributed by atoms with Gasteiger partial charge in [0, 0.05) is 0 Å². The van der Waals surface area contributed by atoms with Crippen molar-refractivity contribution in [1.29, 1.82) is 0 Å². The van der Waals surface area contributed by atoms with Gasteiger partial charge in [0.25, 0.3) is 0 Å². The zero-order chi connectivity index (χ0) is 9.23. The summed E-state index contributed by atoms with van der Waals surface area (Å²) in [7, 11) is 1.28. The Balaban J connectivity index is 0. The summed E-state index contributed by atoms with van der Waals surface area (Å²) in [5.41, 5.74) is 0. The summed E-state index contributed by atoms with van der Waals surface area (Å²) in [6, 6.07) is 3.67. The van der Waals surface area contributed by atoms with E-state index in [0.29, 0.717) is 6.21 Å². The summed E-state index contributed by atoms with van der Waals surface area (Å²) in [6.45, 7) is 0. The zero-order valence-corrected chi connectivity index (χ0v) is 7.21. The first-order valence-corrected chi connectivity index (χ1v) is 3.04. The molecule has 0 saturated carbocycles. The van der Waals surface area contributed by atoms with Crippen LogP contribution >= 0.6 is 0 Å². The van der Waals surface area contributed by atoms with Crippen LogP contribution in [0.5, 0.6) is 0 Å². The molecule has 0 aliphatic carbocycles. The molecule has 13 heavy (non-hydrogen) atoms. The second-order valence-electron chi connectivity index (χ2n) is 1.55. The molecule has 0 radical (unpaired) electrons. The Morgan fingerprint density at radius 1 is 1.54 bits per heavy atom. The molecule has 4 N–H and O–H groups in total. The maximum Gasteiger partial charge on any atom is 0.350 e. The summed E-state index contributed by atoms with van der Waals surface area (Å²) in [4.78, 5) is 13.6. The van der Waals surface area contributed by atoms with Gasteiger partial charge in [0.05, 0.1) is 12.5 Å². The van der Waals surface area contributed by atoms with Crippen molar-refractivity contribution in [2.45, 2.75) is 0 Å². The Kier molecular flexibility index (Phi) is 10.8. The van der Waals surface area contributed by atoms with Crippen molar-refractivity contribution < 1.29 is 19.2 Å². The number of carbonyl (C=O) groups is 1. The lowest BCUT2D eigenvalue weighted by Crippen LogP contribution is -1.94. The van der Waals surface area contributed by atoms with Gasteiger partial charge in [-0.05, 0) is 12.1 Å². The molecular formula is C7H12N2O4. The van der Waals surface area contributed by atoms with Crippen molar-refractivity contribution in [3.63, 3.8) is 0 Å². The van der Waals surface area contributed by atoms with E-state index < -0.39 is 5.97 Å². The average molecular weight is 188 g/mol. The van der Waals surface area contributed by atoms with Crippen LogP contribution in [-0.2, 0) is 9.63 Å². The highest BCUT2D eigenvalue weighted by atomic mass is 16.6. The van der Waals surface area contributed by atoms with Gasteiger partial charge in [-0.25, -0.2) is 4.79 Å². The van der Waals surface area contributed by atoms with Gasteiger partial charge in [-0.3, -0.25) is 0 Å². The molecule has 0 fully saturated rings. The maximum atomic E-state index is 9.53. The van der Waals surface area contributed by atoms with Gasteiger partial charge < -0.3 is 20.5 Å². The minimum atomic E-state index is -1.11. The maximum absolute atomic E-state index is 9.53. The molecule has 0 atom stereocenters. The SMILES string of the molecule is CON=CC(=O)O.N.c1ccoc1. The number of rotatable bonds is 2. The number of aliphatic carboxylic acids is 1. The van der Waals surface area contributed by atoms with E-state index in [1.54, 1.807) is 12.5 Å². The standard InChI is InChI=1S/C4H4O.C3H5NO3.H3N/c1-2-4-5-3-1;1-7-4-2-3(5)6;/h1-4H;2H,1H3,(H,5,6);1H3. The first-order chi connectivity index (χ1) is 5.77. The van der Waals surface area contributed by atoms with Gasteiger partial charge >= 0.3 is 5.97 Å². The Morgan fingerprint density at radius 2 is 2.08 bits per heavy atom. The van der Waals surface area contributed by atoms with Crippen LogP contribution in [0.25, 0.3) is 0 Å². The van der Waals surface area contributed by atoms with Gasteiger partial charge in [0.1, 0.15) is 7.11 Å². The fourth-order valence-corrected chi connectivity index (χ4v) is 0.325. The first kappa shape index (κ1) is 13.7. The van der Waals surface area contributed by atoms with Crippen molar-refractivity contribution in [3.05, 3.63) is 24.7 Å². The predicted octanol–water partition coefficient (Wildman–Crippen LogP) is 1.14. The third-order valence-corrected chi connectivity index (χ3v) is 0.694. The zero-order valence-electron chi connectivity index (χ0n) is 7.21. The number of nitrogens with zero attached hydrogens (tertiary/aromatic N) is 1. The normalized spacial score (nSPS) is 8.08. The summed E-state index contributed by atoms with van der Waals surface area (Å²) < 4.78 is 4.58. The molecule has 1 aromatic heterocycles. The van der Waals surface area contributed by atoms with E-state index in [1.807, 2.05) is 12.1 Å². The lowest BCUT2D eigenvalue weighted by Gasteiger charge is -1.78. The van der Waals surface area contributed by atoms with Crippen LogP contribution in [0.4, 0.5) is 0 Å². The van der Waals surface area contributed by atoms with Crippen molar-refractivity contribution in [1.82, 2.24) is 6.15 Å². The van der Waals surface area contributed by atoms with Crippen LogP contribution in [-0.4, -0.2) is 24.4 Å². The molecule has 0 spiro atoms. The summed E-state index contributed by atoms with van der Waals surface area (Å²) in [5, 5.41) is 10.8. The van der Waals surface area contributed by atoms with Crippen molar-refractivity contribution >= 4 is 12.2 Å². The second kappa shape index (κ2) is 10.2. The quantitative estimate of drug-likeness (QED) is 0.534. The largest absolute Gasteiger partial charge is 0.477 e. The van der Waals surface area contributed by atoms with Crippen LogP contribution in [0, 0.1) is 0 Å². The highest BCUT2D eigenvalue weighted by Crippen LogP contribution is 1.79. The monoisotopic (exact) mass is 188 g/mol. The van der Waals surface area contributed by atoms with Crippen molar-refractivity contribution in [3.8, 4) is 0 Å². The van der Waals surface area contributed by atoms with Gasteiger partial charge in [-0.2, -0.15) is 0 Å². The lowest BCUT2D eigenvalue weighted by atomic mass is 10.7. The van der Waals surface area contributed by atoms with Crippen molar-refractivity contribution in [2.24, 2.45) is 5.16 Å². The number of carboxylic acid groups (broad SMARTS) is 1. The average Bonchev–Trinajstić information content (AvgIpc) is 2.57. The number of hydrogen-bond acceptors (Lipinski definition) is 5. The van der Waals surface area contributed by atoms with Gasteiger partial charge in [-0.1, -0.05) is 5.16 Å². The number of hydrogen-bond donors (Lipinski definition) is 2.